The highest BCUT2D eigenvalue weighted by Gasteiger charge is 2.32. The van der Waals surface area contributed by atoms with Crippen molar-refractivity contribution in [2.75, 3.05) is 12.3 Å². The van der Waals surface area contributed by atoms with Crippen LogP contribution < -0.4 is 5.32 Å². The second kappa shape index (κ2) is 7.92. The van der Waals surface area contributed by atoms with Crippen LogP contribution in [-0.2, 0) is 12.6 Å². The van der Waals surface area contributed by atoms with Crippen molar-refractivity contribution in [2.24, 2.45) is 4.99 Å². The van der Waals surface area contributed by atoms with Crippen LogP contribution in [0.4, 0.5) is 13.2 Å². The van der Waals surface area contributed by atoms with Crippen molar-refractivity contribution in [1.29, 1.82) is 0 Å². The van der Waals surface area contributed by atoms with Gasteiger partial charge in [-0.05, 0) is 42.7 Å². The zero-order valence-electron chi connectivity index (χ0n) is 14.1. The molecule has 1 N–H and O–H groups in total. The lowest BCUT2D eigenvalue weighted by Crippen LogP contribution is -2.27. The van der Waals surface area contributed by atoms with Gasteiger partial charge in [0.15, 0.2) is 5.17 Å². The van der Waals surface area contributed by atoms with E-state index in [2.05, 4.69) is 10.3 Å². The van der Waals surface area contributed by atoms with Crippen LogP contribution in [0.15, 0.2) is 47.5 Å². The summed E-state index contributed by atoms with van der Waals surface area (Å²) in [6.07, 6.45) is -3.89. The molecular weight excluding hydrogens is 381 g/mol. The fraction of sp³-hybridized carbons (Fsp3) is 0.316. The molecule has 2 aromatic carbocycles. The van der Waals surface area contributed by atoms with Crippen molar-refractivity contribution in [3.8, 4) is 0 Å². The molecule has 138 valence electrons. The van der Waals surface area contributed by atoms with Gasteiger partial charge in [0, 0.05) is 10.8 Å². The van der Waals surface area contributed by atoms with Crippen molar-refractivity contribution in [1.82, 2.24) is 5.32 Å². The first-order valence-electron chi connectivity index (χ1n) is 8.19. The SMILES string of the molecule is Cc1cccc(CC(NC2=NCCS2)c2cc(C(F)(F)F)ccc2Cl)c1. The third-order valence-electron chi connectivity index (χ3n) is 4.10. The van der Waals surface area contributed by atoms with Crippen LogP contribution in [0.25, 0.3) is 0 Å². The Balaban J connectivity index is 1.96. The summed E-state index contributed by atoms with van der Waals surface area (Å²) in [7, 11) is 0. The van der Waals surface area contributed by atoms with Crippen molar-refractivity contribution in [3.63, 3.8) is 0 Å². The fourth-order valence-electron chi connectivity index (χ4n) is 2.87. The molecule has 0 fully saturated rings. The van der Waals surface area contributed by atoms with Crippen LogP contribution in [-0.4, -0.2) is 17.5 Å². The average molecular weight is 399 g/mol. The summed E-state index contributed by atoms with van der Waals surface area (Å²) in [6.45, 7) is 2.70. The minimum Gasteiger partial charge on any atom is -0.358 e. The molecule has 1 aliphatic heterocycles. The molecule has 1 heterocycles. The molecule has 0 aromatic heterocycles. The maximum absolute atomic E-state index is 13.2. The molecule has 1 aliphatic rings. The number of aliphatic imine (C=N–C) groups is 1. The average Bonchev–Trinajstić information content (AvgIpc) is 3.07. The quantitative estimate of drug-likeness (QED) is 0.720. The van der Waals surface area contributed by atoms with Gasteiger partial charge in [-0.2, -0.15) is 13.2 Å². The Morgan fingerprint density at radius 3 is 2.69 bits per heavy atom. The van der Waals surface area contributed by atoms with Crippen molar-refractivity contribution < 1.29 is 13.2 Å². The number of nitrogens with one attached hydrogen (secondary N) is 1. The number of nitrogens with zero attached hydrogens (tertiary/aromatic N) is 1. The highest BCUT2D eigenvalue weighted by atomic mass is 35.5. The third kappa shape index (κ3) is 4.74. The molecular formula is C19H18ClF3N2S. The van der Waals surface area contributed by atoms with E-state index in [1.807, 2.05) is 31.2 Å². The number of rotatable bonds is 4. The molecule has 0 aliphatic carbocycles. The largest absolute Gasteiger partial charge is 0.416 e. The van der Waals surface area contributed by atoms with Gasteiger partial charge in [0.2, 0.25) is 0 Å². The monoisotopic (exact) mass is 398 g/mol. The standard InChI is InChI=1S/C19H18ClF3N2S/c1-12-3-2-4-13(9-12)10-17(25-18-24-7-8-26-18)15-11-14(19(21,22)23)5-6-16(15)20/h2-6,9,11,17H,7-8,10H2,1H3,(H,24,25). The predicted molar refractivity (Wildman–Crippen MR) is 102 cm³/mol. The molecule has 1 unspecified atom stereocenters. The molecule has 1 atom stereocenters. The van der Waals surface area contributed by atoms with Gasteiger partial charge in [-0.3, -0.25) is 4.99 Å². The molecule has 7 heteroatoms. The van der Waals surface area contributed by atoms with Crippen LogP contribution in [0.3, 0.4) is 0 Å². The second-order valence-electron chi connectivity index (χ2n) is 6.16. The Bertz CT molecular complexity index is 821. The maximum Gasteiger partial charge on any atom is 0.416 e. The van der Waals surface area contributed by atoms with Gasteiger partial charge in [0.05, 0.1) is 18.2 Å². The van der Waals surface area contributed by atoms with E-state index in [4.69, 9.17) is 11.6 Å². The molecule has 0 bridgehead atoms. The summed E-state index contributed by atoms with van der Waals surface area (Å²) in [5.41, 5.74) is 1.86. The third-order valence-corrected chi connectivity index (χ3v) is 5.36. The number of benzene rings is 2. The first-order chi connectivity index (χ1) is 12.3. The number of hydrogen-bond acceptors (Lipinski definition) is 3. The van der Waals surface area contributed by atoms with Gasteiger partial charge in [-0.1, -0.05) is 53.2 Å². The molecule has 2 nitrogen and oxygen atoms in total. The Hall–Kier alpha value is -1.66. The van der Waals surface area contributed by atoms with Crippen LogP contribution in [0.2, 0.25) is 5.02 Å². The lowest BCUT2D eigenvalue weighted by Gasteiger charge is -2.22. The summed E-state index contributed by atoms with van der Waals surface area (Å²) in [6, 6.07) is 11.0. The molecule has 26 heavy (non-hydrogen) atoms. The normalized spacial score (nSPS) is 15.7. The van der Waals surface area contributed by atoms with Gasteiger partial charge in [0.25, 0.3) is 0 Å². The van der Waals surface area contributed by atoms with E-state index in [9.17, 15) is 13.2 Å². The Morgan fingerprint density at radius 2 is 2.04 bits per heavy atom. The Morgan fingerprint density at radius 1 is 1.23 bits per heavy atom. The Kier molecular flexibility index (Phi) is 5.82. The van der Waals surface area contributed by atoms with Gasteiger partial charge in [-0.15, -0.1) is 0 Å². The van der Waals surface area contributed by atoms with E-state index < -0.39 is 17.8 Å². The molecule has 2 aromatic rings. The number of amidine groups is 1. The first-order valence-corrected chi connectivity index (χ1v) is 9.55. The first kappa shape index (κ1) is 19.1. The number of thioether (sulfide) groups is 1. The van der Waals surface area contributed by atoms with E-state index in [1.54, 1.807) is 11.8 Å². The topological polar surface area (TPSA) is 24.4 Å². The minimum atomic E-state index is -4.41. The number of halogens is 4. The summed E-state index contributed by atoms with van der Waals surface area (Å²) < 4.78 is 39.5. The zero-order valence-corrected chi connectivity index (χ0v) is 15.7. The lowest BCUT2D eigenvalue weighted by molar-refractivity contribution is -0.137. The van der Waals surface area contributed by atoms with Crippen molar-refractivity contribution in [3.05, 3.63) is 69.7 Å². The smallest absolute Gasteiger partial charge is 0.358 e. The van der Waals surface area contributed by atoms with E-state index in [0.29, 0.717) is 23.6 Å². The van der Waals surface area contributed by atoms with E-state index in [-0.39, 0.29) is 0 Å². The Labute approximate surface area is 159 Å². The molecule has 0 saturated carbocycles. The van der Waals surface area contributed by atoms with E-state index in [1.165, 1.54) is 6.07 Å². The van der Waals surface area contributed by atoms with Gasteiger partial charge < -0.3 is 5.32 Å². The zero-order chi connectivity index (χ0) is 18.7. The van der Waals surface area contributed by atoms with Crippen LogP contribution in [0.5, 0.6) is 0 Å². The van der Waals surface area contributed by atoms with Crippen molar-refractivity contribution in [2.45, 2.75) is 25.6 Å². The molecule has 3 rings (SSSR count). The van der Waals surface area contributed by atoms with E-state index >= 15 is 0 Å². The highest BCUT2D eigenvalue weighted by molar-refractivity contribution is 8.14. The lowest BCUT2D eigenvalue weighted by atomic mass is 9.96. The van der Waals surface area contributed by atoms with Gasteiger partial charge >= 0.3 is 6.18 Å². The molecule has 0 amide bonds. The van der Waals surface area contributed by atoms with E-state index in [0.717, 1.165) is 34.2 Å². The molecule has 0 spiro atoms. The van der Waals surface area contributed by atoms with Crippen LogP contribution in [0, 0.1) is 6.92 Å². The predicted octanol–water partition coefficient (Wildman–Crippen LogP) is 5.64. The number of aryl methyl sites for hydroxylation is 1. The summed E-state index contributed by atoms with van der Waals surface area (Å²) in [5.74, 6) is 0.871. The van der Waals surface area contributed by atoms with Gasteiger partial charge in [-0.25, -0.2) is 0 Å². The maximum atomic E-state index is 13.2. The summed E-state index contributed by atoms with van der Waals surface area (Å²) in [5, 5.41) is 4.34. The minimum absolute atomic E-state index is 0.312. The van der Waals surface area contributed by atoms with Crippen LogP contribution >= 0.6 is 23.4 Å². The summed E-state index contributed by atoms with van der Waals surface area (Å²) >= 11 is 7.84. The number of hydrogen-bond donors (Lipinski definition) is 1. The number of alkyl halides is 3. The summed E-state index contributed by atoms with van der Waals surface area (Å²) in [4.78, 5) is 4.36. The fourth-order valence-corrected chi connectivity index (χ4v) is 3.91. The second-order valence-corrected chi connectivity index (χ2v) is 7.65. The molecule has 0 saturated heterocycles. The molecule has 0 radical (unpaired) electrons. The van der Waals surface area contributed by atoms with Gasteiger partial charge in [0.1, 0.15) is 0 Å². The highest BCUT2D eigenvalue weighted by Crippen LogP contribution is 2.35. The van der Waals surface area contributed by atoms with Crippen LogP contribution in [0.1, 0.15) is 28.3 Å². The van der Waals surface area contributed by atoms with Crippen molar-refractivity contribution >= 4 is 28.5 Å².